The van der Waals surface area contributed by atoms with Crippen LogP contribution in [-0.2, 0) is 0 Å². The Morgan fingerprint density at radius 3 is 2.50 bits per heavy atom. The minimum absolute atomic E-state index is 0.0275. The molecular weight excluding hydrogens is 256 g/mol. The second-order valence-corrected chi connectivity index (χ2v) is 5.08. The Labute approximate surface area is 117 Å². The molecule has 6 heteroatoms. The van der Waals surface area contributed by atoms with E-state index in [4.69, 9.17) is 5.26 Å². The van der Waals surface area contributed by atoms with E-state index >= 15 is 0 Å². The lowest BCUT2D eigenvalue weighted by molar-refractivity contribution is -0.384. The predicted molar refractivity (Wildman–Crippen MR) is 76.5 cm³/mol. The van der Waals surface area contributed by atoms with Gasteiger partial charge in [-0.05, 0) is 44.9 Å². The average molecular weight is 274 g/mol. The Bertz CT molecular complexity index is 530. The molecule has 0 spiro atoms. The number of rotatable bonds is 4. The molecule has 0 heterocycles. The summed E-state index contributed by atoms with van der Waals surface area (Å²) in [4.78, 5) is 10.6. The number of nitro benzene ring substituents is 1. The van der Waals surface area contributed by atoms with E-state index in [0.717, 1.165) is 25.7 Å². The third-order valence-electron chi connectivity index (χ3n) is 3.82. The van der Waals surface area contributed by atoms with Gasteiger partial charge in [0.1, 0.15) is 5.69 Å². The molecule has 0 atom stereocenters. The van der Waals surface area contributed by atoms with E-state index < -0.39 is 4.92 Å². The van der Waals surface area contributed by atoms with E-state index in [1.54, 1.807) is 6.07 Å². The summed E-state index contributed by atoms with van der Waals surface area (Å²) >= 11 is 0. The third-order valence-corrected chi connectivity index (χ3v) is 3.82. The van der Waals surface area contributed by atoms with Gasteiger partial charge in [-0.2, -0.15) is 5.26 Å². The minimum Gasteiger partial charge on any atom is -0.377 e. The SMILES string of the molecule is CNC1CCC(Nc2cc(C#N)ccc2[N+](=O)[O-])CC1. The zero-order valence-corrected chi connectivity index (χ0v) is 11.4. The molecule has 2 N–H and O–H groups in total. The molecule has 1 fully saturated rings. The maximum absolute atomic E-state index is 11.0. The Kier molecular flexibility index (Phi) is 4.53. The van der Waals surface area contributed by atoms with Gasteiger partial charge < -0.3 is 10.6 Å². The number of hydrogen-bond donors (Lipinski definition) is 2. The fourth-order valence-corrected chi connectivity index (χ4v) is 2.63. The van der Waals surface area contributed by atoms with Crippen molar-refractivity contribution in [1.29, 1.82) is 5.26 Å². The summed E-state index contributed by atoms with van der Waals surface area (Å²) in [5, 5.41) is 26.4. The van der Waals surface area contributed by atoms with E-state index in [-0.39, 0.29) is 11.7 Å². The number of nitrogens with one attached hydrogen (secondary N) is 2. The first-order chi connectivity index (χ1) is 9.63. The molecule has 6 nitrogen and oxygen atoms in total. The first kappa shape index (κ1) is 14.3. The van der Waals surface area contributed by atoms with Crippen molar-refractivity contribution in [2.75, 3.05) is 12.4 Å². The van der Waals surface area contributed by atoms with E-state index in [1.165, 1.54) is 12.1 Å². The standard InChI is InChI=1S/C14H18N4O2/c1-16-11-3-5-12(6-4-11)17-13-8-10(9-15)2-7-14(13)18(19)20/h2,7-8,11-12,16-17H,3-6H2,1H3. The van der Waals surface area contributed by atoms with Crippen LogP contribution in [-0.4, -0.2) is 24.1 Å². The van der Waals surface area contributed by atoms with Crippen LogP contribution in [0.15, 0.2) is 18.2 Å². The lowest BCUT2D eigenvalue weighted by atomic mass is 9.91. The summed E-state index contributed by atoms with van der Waals surface area (Å²) in [5.41, 5.74) is 0.906. The summed E-state index contributed by atoms with van der Waals surface area (Å²) in [6.45, 7) is 0. The van der Waals surface area contributed by atoms with Gasteiger partial charge in [0.15, 0.2) is 0 Å². The highest BCUT2D eigenvalue weighted by molar-refractivity contribution is 5.64. The van der Waals surface area contributed by atoms with Gasteiger partial charge in [-0.3, -0.25) is 10.1 Å². The summed E-state index contributed by atoms with van der Waals surface area (Å²) in [6, 6.07) is 7.20. The number of nitro groups is 1. The largest absolute Gasteiger partial charge is 0.377 e. The highest BCUT2D eigenvalue weighted by atomic mass is 16.6. The average Bonchev–Trinajstić information content (AvgIpc) is 2.47. The first-order valence-electron chi connectivity index (χ1n) is 6.76. The molecule has 1 aromatic rings. The van der Waals surface area contributed by atoms with Crippen LogP contribution in [0.3, 0.4) is 0 Å². The molecule has 0 saturated heterocycles. The first-order valence-corrected chi connectivity index (χ1v) is 6.76. The highest BCUT2D eigenvalue weighted by Gasteiger charge is 2.22. The maximum atomic E-state index is 11.0. The summed E-state index contributed by atoms with van der Waals surface area (Å²) in [6.07, 6.45) is 4.05. The molecule has 0 aliphatic heterocycles. The monoisotopic (exact) mass is 274 g/mol. The summed E-state index contributed by atoms with van der Waals surface area (Å²) in [5.74, 6) is 0. The van der Waals surface area contributed by atoms with Crippen molar-refractivity contribution in [3.8, 4) is 6.07 Å². The molecule has 1 aliphatic carbocycles. The van der Waals surface area contributed by atoms with E-state index in [9.17, 15) is 10.1 Å². The van der Waals surface area contributed by atoms with Crippen LogP contribution in [0.2, 0.25) is 0 Å². The summed E-state index contributed by atoms with van der Waals surface area (Å²) < 4.78 is 0. The normalized spacial score (nSPS) is 22.0. The zero-order chi connectivity index (χ0) is 14.5. The Morgan fingerprint density at radius 2 is 1.95 bits per heavy atom. The van der Waals surface area contributed by atoms with Crippen LogP contribution in [0.25, 0.3) is 0 Å². The van der Waals surface area contributed by atoms with Gasteiger partial charge in [0, 0.05) is 18.2 Å². The molecule has 2 rings (SSSR count). The Hall–Kier alpha value is -2.13. The fourth-order valence-electron chi connectivity index (χ4n) is 2.63. The van der Waals surface area contributed by atoms with Crippen molar-refractivity contribution in [3.63, 3.8) is 0 Å². The number of benzene rings is 1. The Balaban J connectivity index is 2.12. The van der Waals surface area contributed by atoms with Crippen LogP contribution in [0.5, 0.6) is 0 Å². The predicted octanol–water partition coefficient (Wildman–Crippen LogP) is 2.41. The molecule has 0 radical (unpaired) electrons. The molecule has 1 aromatic carbocycles. The summed E-state index contributed by atoms with van der Waals surface area (Å²) in [7, 11) is 1.96. The smallest absolute Gasteiger partial charge is 0.292 e. The van der Waals surface area contributed by atoms with Gasteiger partial charge in [0.25, 0.3) is 5.69 Å². The van der Waals surface area contributed by atoms with Gasteiger partial charge in [-0.15, -0.1) is 0 Å². The van der Waals surface area contributed by atoms with Gasteiger partial charge in [-0.25, -0.2) is 0 Å². The van der Waals surface area contributed by atoms with Crippen LogP contribution < -0.4 is 10.6 Å². The van der Waals surface area contributed by atoms with E-state index in [2.05, 4.69) is 10.6 Å². The van der Waals surface area contributed by atoms with Crippen LogP contribution in [0.1, 0.15) is 31.2 Å². The lowest BCUT2D eigenvalue weighted by Gasteiger charge is -2.29. The molecule has 0 bridgehead atoms. The van der Waals surface area contributed by atoms with Crippen molar-refractivity contribution in [1.82, 2.24) is 5.32 Å². The molecule has 1 aliphatic rings. The van der Waals surface area contributed by atoms with Crippen molar-refractivity contribution >= 4 is 11.4 Å². The van der Waals surface area contributed by atoms with Gasteiger partial charge in [0.05, 0.1) is 16.6 Å². The second kappa shape index (κ2) is 6.35. The number of hydrogen-bond acceptors (Lipinski definition) is 5. The quantitative estimate of drug-likeness (QED) is 0.650. The Morgan fingerprint density at radius 1 is 1.30 bits per heavy atom. The van der Waals surface area contributed by atoms with Crippen molar-refractivity contribution in [2.45, 2.75) is 37.8 Å². The molecule has 106 valence electrons. The van der Waals surface area contributed by atoms with Crippen molar-refractivity contribution in [2.24, 2.45) is 0 Å². The molecule has 0 amide bonds. The molecular formula is C14H18N4O2. The zero-order valence-electron chi connectivity index (χ0n) is 11.4. The van der Waals surface area contributed by atoms with Crippen LogP contribution in [0, 0.1) is 21.4 Å². The molecule has 0 aromatic heterocycles. The number of nitrogens with zero attached hydrogens (tertiary/aromatic N) is 2. The van der Waals surface area contributed by atoms with Crippen molar-refractivity contribution in [3.05, 3.63) is 33.9 Å². The van der Waals surface area contributed by atoms with Gasteiger partial charge in [-0.1, -0.05) is 0 Å². The molecule has 0 unspecified atom stereocenters. The topological polar surface area (TPSA) is 91.0 Å². The van der Waals surface area contributed by atoms with Crippen LogP contribution in [0.4, 0.5) is 11.4 Å². The lowest BCUT2D eigenvalue weighted by Crippen LogP contribution is -2.35. The molecule has 20 heavy (non-hydrogen) atoms. The highest BCUT2D eigenvalue weighted by Crippen LogP contribution is 2.29. The second-order valence-electron chi connectivity index (χ2n) is 5.08. The van der Waals surface area contributed by atoms with Crippen molar-refractivity contribution < 1.29 is 4.92 Å². The molecule has 1 saturated carbocycles. The maximum Gasteiger partial charge on any atom is 0.292 e. The fraction of sp³-hybridized carbons (Fsp3) is 0.500. The van der Waals surface area contributed by atoms with Crippen LogP contribution >= 0.6 is 0 Å². The van der Waals surface area contributed by atoms with Gasteiger partial charge >= 0.3 is 0 Å². The van der Waals surface area contributed by atoms with E-state index in [0.29, 0.717) is 17.3 Å². The van der Waals surface area contributed by atoms with E-state index in [1.807, 2.05) is 13.1 Å². The minimum atomic E-state index is -0.414. The third kappa shape index (κ3) is 3.25. The van der Waals surface area contributed by atoms with Gasteiger partial charge in [0.2, 0.25) is 0 Å². The number of anilines is 1. The number of nitriles is 1.